The average Bonchev–Trinajstić information content (AvgIpc) is 3.66. The van der Waals surface area contributed by atoms with E-state index in [9.17, 15) is 14.4 Å². The molecule has 0 saturated heterocycles. The average molecular weight is 655 g/mol. The van der Waals surface area contributed by atoms with Gasteiger partial charge < -0.3 is 15.6 Å². The molecule has 6 rings (SSSR count). The van der Waals surface area contributed by atoms with Crippen LogP contribution in [0.15, 0.2) is 99.8 Å². The number of aromatic nitrogens is 6. The molecule has 3 aromatic heterocycles. The lowest BCUT2D eigenvalue weighted by Gasteiger charge is -2.26. The zero-order valence-corrected chi connectivity index (χ0v) is 26.7. The Morgan fingerprint density at radius 2 is 1.72 bits per heavy atom. The van der Waals surface area contributed by atoms with Crippen LogP contribution in [0.5, 0.6) is 0 Å². The Balaban J connectivity index is 1.35. The Labute approximate surface area is 273 Å². The molecule has 0 fully saturated rings. The summed E-state index contributed by atoms with van der Waals surface area (Å²) in [7, 11) is 0. The minimum absolute atomic E-state index is 0.00607. The number of para-hydroxylation sites is 1. The van der Waals surface area contributed by atoms with Crippen LogP contribution >= 0.6 is 23.4 Å². The number of halogens is 1. The van der Waals surface area contributed by atoms with E-state index in [0.717, 1.165) is 27.7 Å². The number of carbonyl (C=O) groups excluding carboxylic acids is 1. The van der Waals surface area contributed by atoms with Gasteiger partial charge in [-0.15, -0.1) is 10.2 Å². The van der Waals surface area contributed by atoms with Crippen molar-refractivity contribution in [1.29, 1.82) is 0 Å². The van der Waals surface area contributed by atoms with Crippen molar-refractivity contribution in [2.75, 3.05) is 22.9 Å². The number of thioether (sulfide) groups is 1. The molecule has 0 unspecified atom stereocenters. The molecule has 13 heteroatoms. The number of nitrogens with one attached hydrogen (secondary N) is 2. The van der Waals surface area contributed by atoms with Gasteiger partial charge in [0.2, 0.25) is 5.91 Å². The van der Waals surface area contributed by atoms with Crippen LogP contribution in [0.4, 0.5) is 11.5 Å². The molecule has 0 aliphatic heterocycles. The molecule has 0 atom stereocenters. The number of aromatic amines is 2. The van der Waals surface area contributed by atoms with Gasteiger partial charge in [0, 0.05) is 39.9 Å². The zero-order valence-electron chi connectivity index (χ0n) is 25.1. The molecule has 234 valence electrons. The Bertz CT molecular complexity index is 2130. The molecule has 1 amide bonds. The highest BCUT2D eigenvalue weighted by Crippen LogP contribution is 2.33. The van der Waals surface area contributed by atoms with Crippen molar-refractivity contribution in [3.63, 3.8) is 0 Å². The molecular weight excluding hydrogens is 624 g/mol. The number of hydrogen-bond acceptors (Lipinski definition) is 7. The molecule has 3 aromatic carbocycles. The van der Waals surface area contributed by atoms with Gasteiger partial charge in [0.05, 0.1) is 12.3 Å². The summed E-state index contributed by atoms with van der Waals surface area (Å²) in [6.45, 7) is 4.21. The first-order valence-electron chi connectivity index (χ1n) is 14.6. The Morgan fingerprint density at radius 1 is 1.00 bits per heavy atom. The lowest BCUT2D eigenvalue weighted by atomic mass is 10.1. The van der Waals surface area contributed by atoms with E-state index in [-0.39, 0.29) is 42.2 Å². The summed E-state index contributed by atoms with van der Waals surface area (Å²) in [5.41, 5.74) is 8.41. The van der Waals surface area contributed by atoms with Gasteiger partial charge in [-0.1, -0.05) is 85.7 Å². The maximum absolute atomic E-state index is 13.9. The molecule has 0 saturated carbocycles. The first-order valence-corrected chi connectivity index (χ1v) is 15.9. The van der Waals surface area contributed by atoms with Crippen molar-refractivity contribution in [2.45, 2.75) is 25.5 Å². The van der Waals surface area contributed by atoms with E-state index in [4.69, 9.17) is 17.3 Å². The predicted molar refractivity (Wildman–Crippen MR) is 183 cm³/mol. The van der Waals surface area contributed by atoms with Crippen LogP contribution in [0, 0.1) is 5.92 Å². The van der Waals surface area contributed by atoms with Gasteiger partial charge in [0.1, 0.15) is 5.82 Å². The minimum Gasteiger partial charge on any atom is -0.383 e. The summed E-state index contributed by atoms with van der Waals surface area (Å²) in [5, 5.41) is 11.0. The molecule has 4 N–H and O–H groups in total. The van der Waals surface area contributed by atoms with Gasteiger partial charge in [-0.05, 0) is 41.8 Å². The van der Waals surface area contributed by atoms with Crippen molar-refractivity contribution in [3.8, 4) is 17.1 Å². The first-order chi connectivity index (χ1) is 22.2. The number of anilines is 2. The number of amides is 1. The third kappa shape index (κ3) is 6.22. The van der Waals surface area contributed by atoms with Crippen molar-refractivity contribution in [3.05, 3.63) is 116 Å². The maximum atomic E-state index is 13.9. The second kappa shape index (κ2) is 13.1. The number of benzene rings is 3. The van der Waals surface area contributed by atoms with Gasteiger partial charge >= 0.3 is 5.69 Å². The van der Waals surface area contributed by atoms with Crippen LogP contribution in [0.1, 0.15) is 19.4 Å². The number of nitrogen functional groups attached to an aromatic ring is 1. The molecule has 0 bridgehead atoms. The summed E-state index contributed by atoms with van der Waals surface area (Å²) in [6.07, 6.45) is 1.88. The van der Waals surface area contributed by atoms with E-state index >= 15 is 0 Å². The molecule has 0 aliphatic carbocycles. The Morgan fingerprint density at radius 3 is 2.46 bits per heavy atom. The molecular formula is C33H31ClN8O3S. The lowest BCUT2D eigenvalue weighted by molar-refractivity contribution is -0.116. The highest BCUT2D eigenvalue weighted by molar-refractivity contribution is 7.99. The van der Waals surface area contributed by atoms with Crippen molar-refractivity contribution < 1.29 is 4.79 Å². The second-order valence-electron chi connectivity index (χ2n) is 11.1. The quantitative estimate of drug-likeness (QED) is 0.169. The van der Waals surface area contributed by atoms with E-state index in [0.29, 0.717) is 16.0 Å². The van der Waals surface area contributed by atoms with Gasteiger partial charge in [-0.2, -0.15) is 0 Å². The smallest absolute Gasteiger partial charge is 0.330 e. The highest BCUT2D eigenvalue weighted by Gasteiger charge is 2.27. The van der Waals surface area contributed by atoms with Gasteiger partial charge in [-0.3, -0.25) is 23.7 Å². The molecule has 0 aliphatic rings. The van der Waals surface area contributed by atoms with Crippen LogP contribution in [-0.4, -0.2) is 47.5 Å². The third-order valence-electron chi connectivity index (χ3n) is 7.39. The van der Waals surface area contributed by atoms with Crippen LogP contribution in [0.3, 0.4) is 0 Å². The molecule has 0 spiro atoms. The summed E-state index contributed by atoms with van der Waals surface area (Å²) in [5.74, 6) is 0.0433. The van der Waals surface area contributed by atoms with E-state index in [1.54, 1.807) is 12.1 Å². The summed E-state index contributed by atoms with van der Waals surface area (Å²) >= 11 is 7.38. The molecule has 46 heavy (non-hydrogen) atoms. The Kier molecular flexibility index (Phi) is 8.82. The number of nitrogens with zero attached hydrogens (tertiary/aromatic N) is 5. The number of hydrogen-bond donors (Lipinski definition) is 3. The lowest BCUT2D eigenvalue weighted by Crippen LogP contribution is -2.43. The third-order valence-corrected chi connectivity index (χ3v) is 8.56. The second-order valence-corrected chi connectivity index (χ2v) is 12.5. The molecule has 6 aromatic rings. The van der Waals surface area contributed by atoms with Gasteiger partial charge in [0.25, 0.3) is 5.56 Å². The molecule has 0 radical (unpaired) electrons. The largest absolute Gasteiger partial charge is 0.383 e. The topological polar surface area (TPSA) is 148 Å². The standard InChI is InChI=1S/C33H31ClN8O3S/c1-20(2)17-40(28-29(35)41(32(45)37-31(28)44)18-21-8-4-3-5-9-21)27(43)19-46-33-39-38-30(42(33)23-14-12-22(34)13-15-23)25-16-36-26-11-7-6-10-24(25)26/h3-16,20,36H,17-19,35H2,1-2H3,(H,37,44,45). The maximum Gasteiger partial charge on any atom is 0.330 e. The number of rotatable bonds is 10. The number of fused-ring (bicyclic) bond motifs is 1. The SMILES string of the molecule is CC(C)CN(C(=O)CSc1nnc(-c2c[nH]c3ccccc23)n1-c1ccc(Cl)cc1)c1c(N)n(Cc2ccccc2)c(=O)[nH]c1=O. The van der Waals surface area contributed by atoms with E-state index in [1.165, 1.54) is 21.2 Å². The monoisotopic (exact) mass is 654 g/mol. The normalized spacial score (nSPS) is 11.4. The van der Waals surface area contributed by atoms with Crippen LogP contribution in [0.25, 0.3) is 28.0 Å². The zero-order chi connectivity index (χ0) is 32.4. The fraction of sp³-hybridized carbons (Fsp3) is 0.182. The number of H-pyrrole nitrogens is 2. The minimum atomic E-state index is -0.725. The highest BCUT2D eigenvalue weighted by atomic mass is 35.5. The summed E-state index contributed by atoms with van der Waals surface area (Å²) < 4.78 is 3.14. The van der Waals surface area contributed by atoms with Gasteiger partial charge in [0.15, 0.2) is 16.7 Å². The molecule has 11 nitrogen and oxygen atoms in total. The fourth-order valence-corrected chi connectivity index (χ4v) is 6.22. The van der Waals surface area contributed by atoms with Crippen molar-refractivity contribution >= 4 is 51.7 Å². The molecule has 3 heterocycles. The van der Waals surface area contributed by atoms with E-state index < -0.39 is 11.2 Å². The number of carbonyl (C=O) groups is 1. The van der Waals surface area contributed by atoms with E-state index in [2.05, 4.69) is 20.2 Å². The van der Waals surface area contributed by atoms with Crippen LogP contribution < -0.4 is 21.9 Å². The van der Waals surface area contributed by atoms with Crippen molar-refractivity contribution in [1.82, 2.24) is 29.3 Å². The van der Waals surface area contributed by atoms with Crippen LogP contribution in [-0.2, 0) is 11.3 Å². The van der Waals surface area contributed by atoms with Crippen LogP contribution in [0.2, 0.25) is 5.02 Å². The summed E-state index contributed by atoms with van der Waals surface area (Å²) in [6, 6.07) is 24.4. The number of nitrogens with two attached hydrogens (primary N) is 1. The summed E-state index contributed by atoms with van der Waals surface area (Å²) in [4.78, 5) is 46.9. The van der Waals surface area contributed by atoms with Gasteiger partial charge in [-0.25, -0.2) is 4.79 Å². The fourth-order valence-electron chi connectivity index (χ4n) is 5.27. The van der Waals surface area contributed by atoms with Crippen molar-refractivity contribution in [2.24, 2.45) is 5.92 Å². The Hall–Kier alpha value is -5.07. The van der Waals surface area contributed by atoms with E-state index in [1.807, 2.05) is 91.3 Å². The first kappa shape index (κ1) is 30.9. The predicted octanol–water partition coefficient (Wildman–Crippen LogP) is 5.33.